The molecule has 0 spiro atoms. The van der Waals surface area contributed by atoms with Gasteiger partial charge in [0.2, 0.25) is 0 Å². The predicted molar refractivity (Wildman–Crippen MR) is 117 cm³/mol. The Kier molecular flexibility index (Phi) is 9.47. The summed E-state index contributed by atoms with van der Waals surface area (Å²) in [5.74, 6) is 0. The second-order valence-electron chi connectivity index (χ2n) is 9.28. The maximum Gasteiger partial charge on any atom is 0.0594 e. The van der Waals surface area contributed by atoms with Crippen molar-refractivity contribution in [1.29, 1.82) is 0 Å². The van der Waals surface area contributed by atoms with Gasteiger partial charge in [0.1, 0.15) is 0 Å². The predicted octanol–water partition coefficient (Wildman–Crippen LogP) is 1.18. The Morgan fingerprint density at radius 3 is 1.79 bits per heavy atom. The quantitative estimate of drug-likeness (QED) is 0.631. The summed E-state index contributed by atoms with van der Waals surface area (Å²) in [6.07, 6.45) is 5.35. The minimum atomic E-state index is 0.685. The third kappa shape index (κ3) is 6.92. The Bertz CT molecular complexity index is 389. The van der Waals surface area contributed by atoms with Crippen LogP contribution in [0.4, 0.5) is 0 Å². The fraction of sp³-hybridized carbons (Fsp3) is 1.00. The van der Waals surface area contributed by atoms with E-state index in [0.29, 0.717) is 12.1 Å². The normalized spacial score (nSPS) is 27.5. The molecule has 3 fully saturated rings. The Hall–Kier alpha value is -0.240. The van der Waals surface area contributed by atoms with Crippen LogP contribution in [0.15, 0.2) is 0 Å². The summed E-state index contributed by atoms with van der Waals surface area (Å²) in [6, 6.07) is 2.15. The van der Waals surface area contributed by atoms with Gasteiger partial charge in [0.15, 0.2) is 0 Å². The number of piperazine rings is 2. The SMILES string of the molecule is CC(CCC(CCC(C)N1CCOCC1)N1CCN(C)CC1)N1CCNCC1. The lowest BCUT2D eigenvalue weighted by Gasteiger charge is -2.40. The lowest BCUT2D eigenvalue weighted by Crippen LogP contribution is -2.50. The van der Waals surface area contributed by atoms with Gasteiger partial charge in [-0.25, -0.2) is 0 Å². The summed E-state index contributed by atoms with van der Waals surface area (Å²) in [5.41, 5.74) is 0. The van der Waals surface area contributed by atoms with Gasteiger partial charge in [-0.15, -0.1) is 0 Å². The third-order valence-corrected chi connectivity index (χ3v) is 7.33. The second kappa shape index (κ2) is 11.8. The van der Waals surface area contributed by atoms with Gasteiger partial charge in [-0.05, 0) is 46.6 Å². The Labute approximate surface area is 173 Å². The summed E-state index contributed by atoms with van der Waals surface area (Å²) >= 11 is 0. The van der Waals surface area contributed by atoms with E-state index in [4.69, 9.17) is 4.74 Å². The zero-order chi connectivity index (χ0) is 19.8. The molecule has 0 radical (unpaired) electrons. The Morgan fingerprint density at radius 1 is 0.679 bits per heavy atom. The molecule has 3 aliphatic heterocycles. The van der Waals surface area contributed by atoms with Crippen molar-refractivity contribution in [3.63, 3.8) is 0 Å². The largest absolute Gasteiger partial charge is 0.379 e. The number of nitrogens with one attached hydrogen (secondary N) is 1. The molecular formula is C22H45N5O. The molecule has 0 saturated carbocycles. The molecule has 28 heavy (non-hydrogen) atoms. The first-order chi connectivity index (χ1) is 13.6. The van der Waals surface area contributed by atoms with Gasteiger partial charge in [0, 0.05) is 83.6 Å². The molecular weight excluding hydrogens is 350 g/mol. The Morgan fingerprint density at radius 2 is 1.21 bits per heavy atom. The highest BCUT2D eigenvalue weighted by Gasteiger charge is 2.26. The van der Waals surface area contributed by atoms with Crippen LogP contribution in [0.2, 0.25) is 0 Å². The molecule has 0 aromatic heterocycles. The lowest BCUT2D eigenvalue weighted by molar-refractivity contribution is 0.0152. The monoisotopic (exact) mass is 395 g/mol. The van der Waals surface area contributed by atoms with Crippen molar-refractivity contribution in [2.45, 2.75) is 57.7 Å². The van der Waals surface area contributed by atoms with E-state index in [-0.39, 0.29) is 0 Å². The van der Waals surface area contributed by atoms with Crippen molar-refractivity contribution in [2.75, 3.05) is 85.7 Å². The number of hydrogen-bond donors (Lipinski definition) is 1. The number of ether oxygens (including phenoxy) is 1. The fourth-order valence-corrected chi connectivity index (χ4v) is 5.07. The van der Waals surface area contributed by atoms with Crippen LogP contribution in [0.25, 0.3) is 0 Å². The molecule has 0 aromatic carbocycles. The van der Waals surface area contributed by atoms with Gasteiger partial charge in [-0.2, -0.15) is 0 Å². The summed E-state index contributed by atoms with van der Waals surface area (Å²) in [6.45, 7) is 18.6. The number of nitrogens with zero attached hydrogens (tertiary/aromatic N) is 4. The van der Waals surface area contributed by atoms with Crippen molar-refractivity contribution in [1.82, 2.24) is 24.9 Å². The standard InChI is InChI=1S/C22H45N5O/c1-20(25-10-8-23-9-11-25)4-6-22(27-14-12-24(3)13-15-27)7-5-21(2)26-16-18-28-19-17-26/h20-23H,4-19H2,1-3H3. The van der Waals surface area contributed by atoms with E-state index in [0.717, 1.165) is 45.4 Å². The molecule has 0 aromatic rings. The van der Waals surface area contributed by atoms with Gasteiger partial charge in [0.25, 0.3) is 0 Å². The zero-order valence-corrected chi connectivity index (χ0v) is 18.7. The Balaban J connectivity index is 1.49. The van der Waals surface area contributed by atoms with Crippen LogP contribution in [-0.2, 0) is 4.74 Å². The summed E-state index contributed by atoms with van der Waals surface area (Å²) in [4.78, 5) is 10.6. The fourth-order valence-electron chi connectivity index (χ4n) is 5.07. The average molecular weight is 396 g/mol. The average Bonchev–Trinajstić information content (AvgIpc) is 2.75. The molecule has 3 aliphatic rings. The molecule has 6 nitrogen and oxygen atoms in total. The highest BCUT2D eigenvalue weighted by Crippen LogP contribution is 2.21. The first-order valence-corrected chi connectivity index (χ1v) is 11.8. The minimum absolute atomic E-state index is 0.685. The van der Waals surface area contributed by atoms with Crippen LogP contribution < -0.4 is 5.32 Å². The van der Waals surface area contributed by atoms with Crippen LogP contribution in [0, 0.1) is 0 Å². The van der Waals surface area contributed by atoms with Gasteiger partial charge < -0.3 is 15.0 Å². The summed E-state index contributed by atoms with van der Waals surface area (Å²) < 4.78 is 5.54. The van der Waals surface area contributed by atoms with Gasteiger partial charge in [-0.1, -0.05) is 0 Å². The van der Waals surface area contributed by atoms with Crippen molar-refractivity contribution in [3.8, 4) is 0 Å². The van der Waals surface area contributed by atoms with E-state index in [9.17, 15) is 0 Å². The van der Waals surface area contributed by atoms with E-state index < -0.39 is 0 Å². The molecule has 1 N–H and O–H groups in total. The molecule has 6 heteroatoms. The maximum absolute atomic E-state index is 5.54. The van der Waals surface area contributed by atoms with E-state index >= 15 is 0 Å². The molecule has 3 heterocycles. The molecule has 0 aliphatic carbocycles. The molecule has 0 bridgehead atoms. The smallest absolute Gasteiger partial charge is 0.0594 e. The zero-order valence-electron chi connectivity index (χ0n) is 18.7. The number of morpholine rings is 1. The van der Waals surface area contributed by atoms with Crippen LogP contribution in [0.5, 0.6) is 0 Å². The molecule has 0 amide bonds. The van der Waals surface area contributed by atoms with Crippen LogP contribution in [0.3, 0.4) is 0 Å². The maximum atomic E-state index is 5.54. The second-order valence-corrected chi connectivity index (χ2v) is 9.28. The molecule has 164 valence electrons. The minimum Gasteiger partial charge on any atom is -0.379 e. The topological polar surface area (TPSA) is 34.2 Å². The summed E-state index contributed by atoms with van der Waals surface area (Å²) in [7, 11) is 2.26. The van der Waals surface area contributed by atoms with Crippen LogP contribution >= 0.6 is 0 Å². The highest BCUT2D eigenvalue weighted by molar-refractivity contribution is 4.82. The van der Waals surface area contributed by atoms with Crippen LogP contribution in [-0.4, -0.2) is 123 Å². The lowest BCUT2D eigenvalue weighted by atomic mass is 9.97. The van der Waals surface area contributed by atoms with E-state index in [2.05, 4.69) is 45.8 Å². The third-order valence-electron chi connectivity index (χ3n) is 7.33. The first kappa shape index (κ1) is 22.4. The van der Waals surface area contributed by atoms with Crippen molar-refractivity contribution < 1.29 is 4.74 Å². The van der Waals surface area contributed by atoms with Crippen LogP contribution in [0.1, 0.15) is 39.5 Å². The van der Waals surface area contributed by atoms with Crippen molar-refractivity contribution in [3.05, 3.63) is 0 Å². The van der Waals surface area contributed by atoms with E-state index in [1.807, 2.05) is 0 Å². The van der Waals surface area contributed by atoms with E-state index in [1.165, 1.54) is 65.0 Å². The first-order valence-electron chi connectivity index (χ1n) is 11.8. The van der Waals surface area contributed by atoms with Gasteiger partial charge >= 0.3 is 0 Å². The molecule has 3 rings (SSSR count). The van der Waals surface area contributed by atoms with Crippen molar-refractivity contribution in [2.24, 2.45) is 0 Å². The molecule has 3 saturated heterocycles. The van der Waals surface area contributed by atoms with Crippen molar-refractivity contribution >= 4 is 0 Å². The van der Waals surface area contributed by atoms with E-state index in [1.54, 1.807) is 0 Å². The number of likely N-dealkylation sites (N-methyl/N-ethyl adjacent to an activating group) is 1. The summed E-state index contributed by atoms with van der Waals surface area (Å²) in [5, 5.41) is 3.49. The molecule has 3 atom stereocenters. The van der Waals surface area contributed by atoms with Gasteiger partial charge in [0.05, 0.1) is 13.2 Å². The highest BCUT2D eigenvalue weighted by atomic mass is 16.5. The van der Waals surface area contributed by atoms with Gasteiger partial charge in [-0.3, -0.25) is 14.7 Å². The molecule has 3 unspecified atom stereocenters. The number of rotatable bonds is 9. The number of hydrogen-bond acceptors (Lipinski definition) is 6.